The summed E-state index contributed by atoms with van der Waals surface area (Å²) in [6, 6.07) is 4.65. The molecule has 2 unspecified atom stereocenters. The van der Waals surface area contributed by atoms with E-state index in [2.05, 4.69) is 10.4 Å². The van der Waals surface area contributed by atoms with E-state index in [9.17, 15) is 17.6 Å². The first-order valence-corrected chi connectivity index (χ1v) is 9.29. The van der Waals surface area contributed by atoms with Crippen molar-refractivity contribution in [2.45, 2.75) is 30.6 Å². The van der Waals surface area contributed by atoms with Crippen molar-refractivity contribution in [3.63, 3.8) is 0 Å². The van der Waals surface area contributed by atoms with Crippen molar-refractivity contribution in [1.29, 1.82) is 0 Å². The van der Waals surface area contributed by atoms with Gasteiger partial charge in [0.25, 0.3) is 0 Å². The van der Waals surface area contributed by atoms with Crippen LogP contribution in [-0.4, -0.2) is 66.9 Å². The molecule has 132 valence electrons. The summed E-state index contributed by atoms with van der Waals surface area (Å²) >= 11 is -1.66. The first-order valence-electron chi connectivity index (χ1n) is 7.58. The molecule has 4 nitrogen and oxygen atoms in total. The Labute approximate surface area is 143 Å². The zero-order valence-electron chi connectivity index (χ0n) is 13.3. The van der Waals surface area contributed by atoms with Crippen molar-refractivity contribution in [3.05, 3.63) is 23.9 Å². The van der Waals surface area contributed by atoms with Gasteiger partial charge in [-0.05, 0) is 0 Å². The molecule has 1 fully saturated rings. The number of aromatic nitrogens is 2. The molecule has 1 saturated heterocycles. The monoisotopic (exact) mass is 410 g/mol. The number of hydrogen-bond donors (Lipinski definition) is 1. The number of piperidine rings is 1. The van der Waals surface area contributed by atoms with E-state index in [1.807, 2.05) is 11.9 Å². The van der Waals surface area contributed by atoms with Crippen LogP contribution >= 0.6 is 0 Å². The van der Waals surface area contributed by atoms with Crippen LogP contribution in [0.25, 0.3) is 5.52 Å². The van der Waals surface area contributed by atoms with Crippen LogP contribution in [0.15, 0.2) is 18.2 Å². The standard InChI is InChI=1S/C15H18F4N4Se/c1-9-14(24-15(17,18)19)12-4-3-5-13(23(12)21-9)20-11-6-7-22(2)8-10(11)16/h3-5,10-11,20H,6-8H2,1-2H3. The SMILES string of the molecule is Cc1nn2c(NC3CCN(C)CC3F)cccc2c1[Se]C(F)(F)F. The van der Waals surface area contributed by atoms with Crippen LogP contribution in [0, 0.1) is 6.92 Å². The number of rotatable bonds is 3. The zero-order valence-corrected chi connectivity index (χ0v) is 15.0. The van der Waals surface area contributed by atoms with Gasteiger partial charge in [0.05, 0.1) is 0 Å². The van der Waals surface area contributed by atoms with Crippen molar-refractivity contribution in [3.8, 4) is 0 Å². The molecule has 2 aromatic rings. The number of fused-ring (bicyclic) bond motifs is 1. The average molecular weight is 409 g/mol. The predicted molar refractivity (Wildman–Crippen MR) is 85.8 cm³/mol. The Hall–Kier alpha value is -1.31. The first kappa shape index (κ1) is 17.5. The number of halogens is 4. The van der Waals surface area contributed by atoms with Gasteiger partial charge in [-0.25, -0.2) is 0 Å². The van der Waals surface area contributed by atoms with Crippen LogP contribution in [0.4, 0.5) is 23.4 Å². The van der Waals surface area contributed by atoms with Crippen molar-refractivity contribution in [2.75, 3.05) is 25.5 Å². The summed E-state index contributed by atoms with van der Waals surface area (Å²) in [5.74, 6) is 0.525. The quantitative estimate of drug-likeness (QED) is 0.622. The molecule has 1 aliphatic rings. The molecule has 0 aliphatic carbocycles. The number of anilines is 1. The van der Waals surface area contributed by atoms with Gasteiger partial charge in [-0.2, -0.15) is 0 Å². The fourth-order valence-corrected chi connectivity index (χ4v) is 4.35. The maximum atomic E-state index is 14.2. The maximum absolute atomic E-state index is 14.2. The van der Waals surface area contributed by atoms with Crippen molar-refractivity contribution in [2.24, 2.45) is 0 Å². The number of nitrogens with zero attached hydrogens (tertiary/aromatic N) is 3. The molecule has 0 bridgehead atoms. The van der Waals surface area contributed by atoms with Crippen LogP contribution in [0.3, 0.4) is 0 Å². The Bertz CT molecular complexity index is 730. The summed E-state index contributed by atoms with van der Waals surface area (Å²) in [6.45, 7) is 2.69. The number of hydrogen-bond acceptors (Lipinski definition) is 3. The van der Waals surface area contributed by atoms with Crippen LogP contribution in [0.1, 0.15) is 12.1 Å². The predicted octanol–water partition coefficient (Wildman–Crippen LogP) is 1.95. The molecule has 0 spiro atoms. The van der Waals surface area contributed by atoms with Gasteiger partial charge in [0.2, 0.25) is 0 Å². The fourth-order valence-electron chi connectivity index (χ4n) is 2.92. The van der Waals surface area contributed by atoms with Crippen LogP contribution in [0.5, 0.6) is 0 Å². The van der Waals surface area contributed by atoms with Crippen molar-refractivity contribution >= 4 is 30.8 Å². The van der Waals surface area contributed by atoms with E-state index >= 15 is 0 Å². The van der Waals surface area contributed by atoms with E-state index in [-0.39, 0.29) is 10.5 Å². The molecule has 2 atom stereocenters. The van der Waals surface area contributed by atoms with E-state index < -0.39 is 26.2 Å². The van der Waals surface area contributed by atoms with Gasteiger partial charge in [0.15, 0.2) is 0 Å². The second-order valence-electron chi connectivity index (χ2n) is 5.99. The number of alkyl halides is 4. The molecule has 2 aromatic heterocycles. The number of aryl methyl sites for hydroxylation is 1. The van der Waals surface area contributed by atoms with Gasteiger partial charge in [-0.1, -0.05) is 0 Å². The van der Waals surface area contributed by atoms with E-state index in [1.165, 1.54) is 4.52 Å². The molecule has 0 saturated carbocycles. The van der Waals surface area contributed by atoms with E-state index in [0.29, 0.717) is 30.0 Å². The minimum absolute atomic E-state index is 0.221. The Morgan fingerprint density at radius 1 is 1.33 bits per heavy atom. The van der Waals surface area contributed by atoms with Crippen molar-refractivity contribution < 1.29 is 17.6 Å². The van der Waals surface area contributed by atoms with Gasteiger partial charge in [-0.3, -0.25) is 0 Å². The molecule has 0 amide bonds. The van der Waals surface area contributed by atoms with Gasteiger partial charge < -0.3 is 0 Å². The second kappa shape index (κ2) is 6.54. The third kappa shape index (κ3) is 3.68. The molecular weight excluding hydrogens is 391 g/mol. The number of nitrogens with one attached hydrogen (secondary N) is 1. The van der Waals surface area contributed by atoms with Gasteiger partial charge >= 0.3 is 143 Å². The summed E-state index contributed by atoms with van der Waals surface area (Å²) in [6.07, 6.45) is -0.400. The third-order valence-corrected chi connectivity index (χ3v) is 6.04. The first-order chi connectivity index (χ1) is 11.2. The Balaban J connectivity index is 1.91. The van der Waals surface area contributed by atoms with E-state index in [4.69, 9.17) is 0 Å². The van der Waals surface area contributed by atoms with Crippen LogP contribution in [0.2, 0.25) is 0 Å². The van der Waals surface area contributed by atoms with Gasteiger partial charge in [0.1, 0.15) is 0 Å². The minimum atomic E-state index is -4.23. The second-order valence-corrected chi connectivity index (χ2v) is 8.24. The van der Waals surface area contributed by atoms with Crippen LogP contribution in [-0.2, 0) is 0 Å². The summed E-state index contributed by atoms with van der Waals surface area (Å²) in [5.41, 5.74) is 0.792. The molecule has 3 rings (SSSR count). The third-order valence-electron chi connectivity index (χ3n) is 4.07. The van der Waals surface area contributed by atoms with Gasteiger partial charge in [-0.15, -0.1) is 0 Å². The number of likely N-dealkylation sites (tertiary alicyclic amines) is 1. The molecular formula is C15H18F4N4Se. The molecule has 24 heavy (non-hydrogen) atoms. The number of pyridine rings is 1. The zero-order chi connectivity index (χ0) is 17.5. The Morgan fingerprint density at radius 3 is 2.75 bits per heavy atom. The van der Waals surface area contributed by atoms with Gasteiger partial charge in [0, 0.05) is 0 Å². The molecule has 1 N–H and O–H groups in total. The molecule has 3 heterocycles. The molecule has 0 aromatic carbocycles. The summed E-state index contributed by atoms with van der Waals surface area (Å²) in [5, 5.41) is 3.13. The Kier molecular flexibility index (Phi) is 4.77. The summed E-state index contributed by atoms with van der Waals surface area (Å²) < 4.78 is 54.3. The topological polar surface area (TPSA) is 32.6 Å². The normalized spacial score (nSPS) is 22.9. The van der Waals surface area contributed by atoms with E-state index in [0.717, 1.165) is 6.54 Å². The fraction of sp³-hybridized carbons (Fsp3) is 0.533. The molecule has 9 heteroatoms. The Morgan fingerprint density at radius 2 is 2.08 bits per heavy atom. The molecule has 0 radical (unpaired) electrons. The van der Waals surface area contributed by atoms with Crippen molar-refractivity contribution in [1.82, 2.24) is 14.5 Å². The van der Waals surface area contributed by atoms with E-state index in [1.54, 1.807) is 25.1 Å². The average Bonchev–Trinajstić information content (AvgIpc) is 2.78. The molecule has 1 aliphatic heterocycles. The summed E-state index contributed by atoms with van der Waals surface area (Å²) in [4.78, 5) is 1.92. The van der Waals surface area contributed by atoms with Crippen LogP contribution < -0.4 is 9.78 Å². The summed E-state index contributed by atoms with van der Waals surface area (Å²) in [7, 11) is 1.87.